The van der Waals surface area contributed by atoms with Crippen LogP contribution in [0, 0.1) is 6.92 Å². The van der Waals surface area contributed by atoms with E-state index in [4.69, 9.17) is 16.3 Å². The molecule has 0 saturated heterocycles. The number of para-hydroxylation sites is 2. The number of aryl methyl sites for hydroxylation is 1. The number of aromatic nitrogens is 6. The third kappa shape index (κ3) is 3.02. The molecule has 3 rings (SSSR count). The van der Waals surface area contributed by atoms with Crippen LogP contribution in [0.4, 0.5) is 0 Å². The minimum atomic E-state index is 0.381. The van der Waals surface area contributed by atoms with Gasteiger partial charge in [-0.3, -0.25) is 0 Å². The Morgan fingerprint density at radius 3 is 2.82 bits per heavy atom. The maximum atomic E-state index is 5.95. The number of tetrazole rings is 1. The van der Waals surface area contributed by atoms with E-state index in [9.17, 15) is 0 Å². The molecule has 1 aromatic carbocycles. The minimum Gasteiger partial charge on any atom is -0.494 e. The molecule has 0 atom stereocenters. The number of methoxy groups -OCH3 is 1. The van der Waals surface area contributed by atoms with Crippen molar-refractivity contribution in [2.45, 2.75) is 17.1 Å². The first-order valence-electron chi connectivity index (χ1n) is 6.28. The van der Waals surface area contributed by atoms with E-state index in [1.54, 1.807) is 24.8 Å². The molecule has 7 nitrogen and oxygen atoms in total. The predicted molar refractivity (Wildman–Crippen MR) is 81.6 cm³/mol. The molecule has 0 spiro atoms. The highest BCUT2D eigenvalue weighted by molar-refractivity contribution is 7.99. The van der Waals surface area contributed by atoms with E-state index in [-0.39, 0.29) is 0 Å². The van der Waals surface area contributed by atoms with E-state index in [0.29, 0.717) is 26.9 Å². The molecule has 2 heterocycles. The highest BCUT2D eigenvalue weighted by atomic mass is 35.5. The van der Waals surface area contributed by atoms with Crippen molar-refractivity contribution in [2.24, 2.45) is 0 Å². The van der Waals surface area contributed by atoms with Crippen LogP contribution in [-0.2, 0) is 0 Å². The van der Waals surface area contributed by atoms with Gasteiger partial charge in [-0.25, -0.2) is 9.97 Å². The summed E-state index contributed by atoms with van der Waals surface area (Å²) in [6.07, 6.45) is 0. The molecule has 0 unspecified atom stereocenters. The van der Waals surface area contributed by atoms with Gasteiger partial charge in [-0.05, 0) is 41.2 Å². The maximum absolute atomic E-state index is 5.95. The highest BCUT2D eigenvalue weighted by Gasteiger charge is 2.14. The molecule has 0 amide bonds. The third-order valence-corrected chi connectivity index (χ3v) is 3.78. The van der Waals surface area contributed by atoms with Crippen molar-refractivity contribution in [1.29, 1.82) is 0 Å². The number of hydrogen-bond donors (Lipinski definition) is 0. The molecule has 0 bridgehead atoms. The van der Waals surface area contributed by atoms with Crippen molar-refractivity contribution in [1.82, 2.24) is 30.2 Å². The van der Waals surface area contributed by atoms with E-state index in [2.05, 4.69) is 25.5 Å². The second-order valence-corrected chi connectivity index (χ2v) is 5.60. The largest absolute Gasteiger partial charge is 0.494 e. The number of benzene rings is 1. The monoisotopic (exact) mass is 334 g/mol. The Bertz CT molecular complexity index is 788. The number of nitrogens with zero attached hydrogens (tertiary/aromatic N) is 6. The zero-order valence-electron chi connectivity index (χ0n) is 11.8. The van der Waals surface area contributed by atoms with Crippen molar-refractivity contribution in [3.63, 3.8) is 0 Å². The molecule has 112 valence electrons. The van der Waals surface area contributed by atoms with Crippen molar-refractivity contribution >= 4 is 23.4 Å². The Morgan fingerprint density at radius 2 is 2.05 bits per heavy atom. The summed E-state index contributed by atoms with van der Waals surface area (Å²) in [4.78, 5) is 8.35. The second-order valence-electron chi connectivity index (χ2n) is 4.22. The van der Waals surface area contributed by atoms with Crippen molar-refractivity contribution in [3.05, 3.63) is 41.3 Å². The van der Waals surface area contributed by atoms with Crippen molar-refractivity contribution in [3.8, 4) is 11.4 Å². The average molecular weight is 335 g/mol. The standard InChI is InChI=1S/C13H11ClN6OS/c1-8-15-11(14)7-12(16-8)22-13-17-18-19-20(13)9-5-3-4-6-10(9)21-2/h3-7H,1-2H3. The summed E-state index contributed by atoms with van der Waals surface area (Å²) >= 11 is 7.25. The smallest absolute Gasteiger partial charge is 0.220 e. The summed E-state index contributed by atoms with van der Waals surface area (Å²) in [5.74, 6) is 1.26. The van der Waals surface area contributed by atoms with E-state index in [1.807, 2.05) is 24.3 Å². The van der Waals surface area contributed by atoms with E-state index in [1.165, 1.54) is 11.8 Å². The highest BCUT2D eigenvalue weighted by Crippen LogP contribution is 2.29. The van der Waals surface area contributed by atoms with Gasteiger partial charge < -0.3 is 4.74 Å². The lowest BCUT2D eigenvalue weighted by atomic mass is 10.3. The first kappa shape index (κ1) is 14.7. The predicted octanol–water partition coefficient (Wildman–Crippen LogP) is 2.57. The molecule has 22 heavy (non-hydrogen) atoms. The molecule has 2 aromatic heterocycles. The fraction of sp³-hybridized carbons (Fsp3) is 0.154. The number of ether oxygens (including phenoxy) is 1. The fourth-order valence-electron chi connectivity index (χ4n) is 1.85. The van der Waals surface area contributed by atoms with Crippen LogP contribution in [0.5, 0.6) is 5.75 Å². The third-order valence-electron chi connectivity index (χ3n) is 2.73. The van der Waals surface area contributed by atoms with Gasteiger partial charge in [-0.1, -0.05) is 23.7 Å². The van der Waals surface area contributed by atoms with Crippen LogP contribution in [0.1, 0.15) is 5.82 Å². The lowest BCUT2D eigenvalue weighted by Gasteiger charge is -2.08. The molecular formula is C13H11ClN6OS. The number of rotatable bonds is 4. The molecule has 9 heteroatoms. The fourth-order valence-corrected chi connectivity index (χ4v) is 2.97. The Morgan fingerprint density at radius 1 is 1.23 bits per heavy atom. The van der Waals surface area contributed by atoms with Crippen LogP contribution in [-0.4, -0.2) is 37.3 Å². The van der Waals surface area contributed by atoms with E-state index in [0.717, 1.165) is 5.69 Å². The zero-order chi connectivity index (χ0) is 15.5. The van der Waals surface area contributed by atoms with Crippen molar-refractivity contribution < 1.29 is 4.74 Å². The van der Waals surface area contributed by atoms with Gasteiger partial charge in [-0.15, -0.1) is 5.10 Å². The van der Waals surface area contributed by atoms with E-state index >= 15 is 0 Å². The van der Waals surface area contributed by atoms with Gasteiger partial charge in [0.05, 0.1) is 7.11 Å². The lowest BCUT2D eigenvalue weighted by molar-refractivity contribution is 0.410. The Kier molecular flexibility index (Phi) is 4.21. The maximum Gasteiger partial charge on any atom is 0.220 e. The quantitative estimate of drug-likeness (QED) is 0.678. The summed E-state index contributed by atoms with van der Waals surface area (Å²) in [6.45, 7) is 1.78. The summed E-state index contributed by atoms with van der Waals surface area (Å²) in [5, 5.41) is 13.4. The number of halogens is 1. The van der Waals surface area contributed by atoms with Crippen molar-refractivity contribution in [2.75, 3.05) is 7.11 Å². The van der Waals surface area contributed by atoms with Crippen LogP contribution in [0.25, 0.3) is 5.69 Å². The molecule has 0 aliphatic rings. The first-order chi connectivity index (χ1) is 10.7. The SMILES string of the molecule is COc1ccccc1-n1nnnc1Sc1cc(Cl)nc(C)n1. The van der Waals surface area contributed by atoms with Crippen LogP contribution < -0.4 is 4.74 Å². The van der Waals surface area contributed by atoms with Crippen LogP contribution in [0.3, 0.4) is 0 Å². The summed E-state index contributed by atoms with van der Waals surface area (Å²) in [6, 6.07) is 9.15. The average Bonchev–Trinajstić information content (AvgIpc) is 2.94. The summed E-state index contributed by atoms with van der Waals surface area (Å²) in [5.41, 5.74) is 0.745. The summed E-state index contributed by atoms with van der Waals surface area (Å²) in [7, 11) is 1.60. The topological polar surface area (TPSA) is 78.6 Å². The van der Waals surface area contributed by atoms with Gasteiger partial charge in [0.1, 0.15) is 27.4 Å². The normalized spacial score (nSPS) is 10.7. The second kappa shape index (κ2) is 6.29. The van der Waals surface area contributed by atoms with Gasteiger partial charge in [0.2, 0.25) is 5.16 Å². The molecule has 0 aliphatic carbocycles. The molecular weight excluding hydrogens is 324 g/mol. The number of hydrogen-bond acceptors (Lipinski definition) is 7. The first-order valence-corrected chi connectivity index (χ1v) is 7.47. The van der Waals surface area contributed by atoms with Gasteiger partial charge >= 0.3 is 0 Å². The molecule has 0 N–H and O–H groups in total. The summed E-state index contributed by atoms with van der Waals surface area (Å²) < 4.78 is 6.93. The molecule has 0 fully saturated rings. The zero-order valence-corrected chi connectivity index (χ0v) is 13.3. The van der Waals surface area contributed by atoms with Gasteiger partial charge in [0.25, 0.3) is 0 Å². The Hall–Kier alpha value is -2.19. The molecule has 0 saturated carbocycles. The lowest BCUT2D eigenvalue weighted by Crippen LogP contribution is -2.02. The Labute approximate surface area is 135 Å². The van der Waals surface area contributed by atoms with Crippen LogP contribution >= 0.6 is 23.4 Å². The van der Waals surface area contributed by atoms with Gasteiger partial charge in [0, 0.05) is 6.07 Å². The minimum absolute atomic E-state index is 0.381. The van der Waals surface area contributed by atoms with Crippen LogP contribution in [0.2, 0.25) is 5.15 Å². The molecule has 0 aliphatic heterocycles. The van der Waals surface area contributed by atoms with Gasteiger partial charge in [-0.2, -0.15) is 4.68 Å². The molecule has 3 aromatic rings. The Balaban J connectivity index is 1.99. The van der Waals surface area contributed by atoms with E-state index < -0.39 is 0 Å². The van der Waals surface area contributed by atoms with Crippen LogP contribution in [0.15, 0.2) is 40.5 Å². The molecule has 0 radical (unpaired) electrons. The van der Waals surface area contributed by atoms with Gasteiger partial charge in [0.15, 0.2) is 0 Å².